The number of aromatic hydroxyl groups is 1. The Morgan fingerprint density at radius 2 is 1.41 bits per heavy atom. The number of hydrogen-bond donors (Lipinski definition) is 1. The maximum atomic E-state index is 10.2. The fourth-order valence-corrected chi connectivity index (χ4v) is 5.62. The molecule has 4 nitrogen and oxygen atoms in total. The average molecular weight is 753 g/mol. The number of hydrogen-bond acceptors (Lipinski definition) is 3. The third kappa shape index (κ3) is 6.21. The molecule has 7 rings (SSSR count). The first kappa shape index (κ1) is 30.9. The van der Waals surface area contributed by atoms with Gasteiger partial charge in [-0.3, -0.25) is 4.57 Å². The van der Waals surface area contributed by atoms with Crippen LogP contribution in [0.5, 0.6) is 5.75 Å². The van der Waals surface area contributed by atoms with Crippen LogP contribution in [-0.4, -0.2) is 19.6 Å². The van der Waals surface area contributed by atoms with Gasteiger partial charge in [-0.25, -0.2) is 4.98 Å². The molecule has 0 aliphatic carbocycles. The van der Waals surface area contributed by atoms with Gasteiger partial charge in [0.25, 0.3) is 0 Å². The average Bonchev–Trinajstić information content (AvgIpc) is 3.40. The van der Waals surface area contributed by atoms with E-state index in [4.69, 9.17) is 9.97 Å². The number of pyridine rings is 1. The predicted molar refractivity (Wildman–Crippen MR) is 178 cm³/mol. The van der Waals surface area contributed by atoms with Crippen molar-refractivity contribution in [2.75, 3.05) is 0 Å². The summed E-state index contributed by atoms with van der Waals surface area (Å²) in [6.07, 6.45) is 2.02. The maximum absolute atomic E-state index is 10.2. The molecule has 2 heterocycles. The van der Waals surface area contributed by atoms with E-state index in [1.807, 2.05) is 79.0 Å². The van der Waals surface area contributed by atoms with Gasteiger partial charge in [0, 0.05) is 32.0 Å². The number of aromatic nitrogens is 3. The van der Waals surface area contributed by atoms with Crippen LogP contribution < -0.4 is 0 Å². The standard InChI is InChI=1S/C20H20N.C19H14N2O.Ir/c1-13(2)19-12-21-20(18-8-6-5-7-17(18)19)16-10-14(3)9-15(4)11-16;22-18-13-7-4-10-15(18)19-20-16-11-5-6-12-17(16)21(19)14-8-2-1-3-9-14;/h5-10,12-13H,1-4H3;1-13,22H;/q-1;;. The molecule has 0 bridgehead atoms. The smallest absolute Gasteiger partial charge is 0.149 e. The monoisotopic (exact) mass is 753 g/mol. The van der Waals surface area contributed by atoms with E-state index in [-0.39, 0.29) is 25.9 Å². The number of nitrogens with zero attached hydrogens (tertiary/aromatic N) is 3. The van der Waals surface area contributed by atoms with Crippen molar-refractivity contribution >= 4 is 21.8 Å². The van der Waals surface area contributed by atoms with Crippen molar-refractivity contribution in [3.05, 3.63) is 144 Å². The predicted octanol–water partition coefficient (Wildman–Crippen LogP) is 9.84. The first-order chi connectivity index (χ1) is 20.9. The molecule has 7 aromatic rings. The normalized spacial score (nSPS) is 10.8. The molecule has 0 spiro atoms. The van der Waals surface area contributed by atoms with Gasteiger partial charge in [0.05, 0.1) is 16.6 Å². The first-order valence-electron chi connectivity index (χ1n) is 14.6. The van der Waals surface area contributed by atoms with Crippen LogP contribution in [0.15, 0.2) is 121 Å². The molecule has 0 aliphatic rings. The second kappa shape index (κ2) is 13.4. The number of benzene rings is 5. The number of rotatable bonds is 4. The maximum Gasteiger partial charge on any atom is 0.149 e. The summed E-state index contributed by atoms with van der Waals surface area (Å²) in [4.78, 5) is 9.47. The van der Waals surface area contributed by atoms with Gasteiger partial charge < -0.3 is 10.1 Å². The van der Waals surface area contributed by atoms with Crippen LogP contribution >= 0.6 is 0 Å². The van der Waals surface area contributed by atoms with Crippen LogP contribution in [-0.2, 0) is 20.1 Å². The van der Waals surface area contributed by atoms with Crippen LogP contribution in [0.3, 0.4) is 0 Å². The van der Waals surface area contributed by atoms with Crippen LogP contribution in [0.2, 0.25) is 0 Å². The molecule has 44 heavy (non-hydrogen) atoms. The Bertz CT molecular complexity index is 2030. The van der Waals surface area contributed by atoms with Crippen molar-refractivity contribution < 1.29 is 25.2 Å². The quantitative estimate of drug-likeness (QED) is 0.182. The number of imidazole rings is 1. The topological polar surface area (TPSA) is 50.9 Å². The van der Waals surface area contributed by atoms with Gasteiger partial charge in [-0.15, -0.1) is 34.9 Å². The van der Waals surface area contributed by atoms with Gasteiger partial charge in [0.15, 0.2) is 0 Å². The number of phenolic OH excluding ortho intramolecular Hbond substituents is 1. The zero-order chi connectivity index (χ0) is 29.9. The third-order valence-corrected chi connectivity index (χ3v) is 7.57. The molecule has 0 atom stereocenters. The van der Waals surface area contributed by atoms with E-state index >= 15 is 0 Å². The van der Waals surface area contributed by atoms with Crippen LogP contribution in [0.25, 0.3) is 50.1 Å². The van der Waals surface area contributed by atoms with Crippen molar-refractivity contribution in [2.24, 2.45) is 0 Å². The van der Waals surface area contributed by atoms with Crippen LogP contribution in [0.4, 0.5) is 0 Å². The molecule has 0 amide bonds. The molecule has 2 aromatic heterocycles. The van der Waals surface area contributed by atoms with Gasteiger partial charge in [-0.05, 0) is 64.3 Å². The number of phenols is 1. The van der Waals surface area contributed by atoms with Gasteiger partial charge >= 0.3 is 0 Å². The van der Waals surface area contributed by atoms with Gasteiger partial charge in [-0.2, -0.15) is 0 Å². The van der Waals surface area contributed by atoms with E-state index in [9.17, 15) is 5.11 Å². The molecule has 5 heteroatoms. The second-order valence-corrected chi connectivity index (χ2v) is 11.1. The minimum absolute atomic E-state index is 0. The summed E-state index contributed by atoms with van der Waals surface area (Å²) in [7, 11) is 0. The van der Waals surface area contributed by atoms with E-state index in [1.54, 1.807) is 6.07 Å². The first-order valence-corrected chi connectivity index (χ1v) is 14.6. The Morgan fingerprint density at radius 1 is 0.750 bits per heavy atom. The minimum atomic E-state index is 0. The Kier molecular flexibility index (Phi) is 9.39. The SMILES string of the molecule is Cc1[c-]c(-c2ncc(C(C)C)c3ccccc23)cc(C)c1.Oc1ccccc1-c1nc2ccccc2n1-c1ccccc1.[Ir]. The molecule has 0 aliphatic heterocycles. The molecule has 0 unspecified atom stereocenters. The van der Waals surface area contributed by atoms with Gasteiger partial charge in [0.2, 0.25) is 0 Å². The van der Waals surface area contributed by atoms with Crippen molar-refractivity contribution in [1.29, 1.82) is 0 Å². The van der Waals surface area contributed by atoms with E-state index in [2.05, 4.69) is 74.7 Å². The molecule has 221 valence electrons. The summed E-state index contributed by atoms with van der Waals surface area (Å²) in [5, 5.41) is 12.7. The summed E-state index contributed by atoms with van der Waals surface area (Å²) in [5.41, 5.74) is 9.50. The van der Waals surface area contributed by atoms with Crippen molar-refractivity contribution in [3.8, 4) is 34.1 Å². The Balaban J connectivity index is 0.000000171. The summed E-state index contributed by atoms with van der Waals surface area (Å²) in [5.74, 6) is 1.44. The van der Waals surface area contributed by atoms with E-state index in [0.29, 0.717) is 5.92 Å². The van der Waals surface area contributed by atoms with E-state index < -0.39 is 0 Å². The number of aryl methyl sites for hydroxylation is 2. The van der Waals surface area contributed by atoms with Crippen LogP contribution in [0, 0.1) is 19.9 Å². The van der Waals surface area contributed by atoms with Crippen molar-refractivity contribution in [3.63, 3.8) is 0 Å². The van der Waals surface area contributed by atoms with E-state index in [0.717, 1.165) is 44.9 Å². The van der Waals surface area contributed by atoms with Crippen molar-refractivity contribution in [2.45, 2.75) is 33.6 Å². The zero-order valence-corrected chi connectivity index (χ0v) is 27.6. The number of para-hydroxylation sites is 4. The largest absolute Gasteiger partial charge is 0.507 e. The van der Waals surface area contributed by atoms with E-state index in [1.165, 1.54) is 21.9 Å². The molecule has 0 fully saturated rings. The molecule has 1 radical (unpaired) electrons. The van der Waals surface area contributed by atoms with Gasteiger partial charge in [0.1, 0.15) is 11.6 Å². The summed E-state index contributed by atoms with van der Waals surface area (Å²) >= 11 is 0. The third-order valence-electron chi connectivity index (χ3n) is 7.57. The molecule has 5 aromatic carbocycles. The van der Waals surface area contributed by atoms with Crippen molar-refractivity contribution in [1.82, 2.24) is 14.5 Å². The number of fused-ring (bicyclic) bond motifs is 2. The second-order valence-electron chi connectivity index (χ2n) is 11.1. The Hall–Kier alpha value is -4.57. The van der Waals surface area contributed by atoms with Gasteiger partial charge in [-0.1, -0.05) is 94.4 Å². The summed E-state index contributed by atoms with van der Waals surface area (Å²) in [6, 6.07) is 41.6. The zero-order valence-electron chi connectivity index (χ0n) is 25.2. The molecule has 0 saturated heterocycles. The fourth-order valence-electron chi connectivity index (χ4n) is 5.62. The fraction of sp³-hybridized carbons (Fsp3) is 0.128. The Labute approximate surface area is 272 Å². The molecule has 1 N–H and O–H groups in total. The molecular formula is C39H34IrN3O-. The minimum Gasteiger partial charge on any atom is -0.507 e. The summed E-state index contributed by atoms with van der Waals surface area (Å²) < 4.78 is 2.07. The molecular weight excluding hydrogens is 719 g/mol. The summed E-state index contributed by atoms with van der Waals surface area (Å²) in [6.45, 7) is 8.63. The van der Waals surface area contributed by atoms with Crippen LogP contribution in [0.1, 0.15) is 36.5 Å². The Morgan fingerprint density at radius 3 is 2.14 bits per heavy atom. The molecule has 0 saturated carbocycles.